The fourth-order valence-electron chi connectivity index (χ4n) is 4.45. The molecule has 0 aromatic carbocycles. The lowest BCUT2D eigenvalue weighted by atomic mass is 9.91. The molecule has 2 fully saturated rings. The van der Waals surface area contributed by atoms with Gasteiger partial charge in [0.15, 0.2) is 6.10 Å². The van der Waals surface area contributed by atoms with Gasteiger partial charge < -0.3 is 30.9 Å². The van der Waals surface area contributed by atoms with Gasteiger partial charge in [-0.3, -0.25) is 4.98 Å². The van der Waals surface area contributed by atoms with E-state index in [-0.39, 0.29) is 12.1 Å². The van der Waals surface area contributed by atoms with Gasteiger partial charge in [0, 0.05) is 43.6 Å². The van der Waals surface area contributed by atoms with Crippen molar-refractivity contribution in [3.63, 3.8) is 0 Å². The number of nitrogens with zero attached hydrogens (tertiary/aromatic N) is 3. The lowest BCUT2D eigenvalue weighted by molar-refractivity contribution is -0.202. The number of nitrogens with two attached hydrogens (primary N) is 1. The second-order valence-corrected chi connectivity index (χ2v) is 10.1. The van der Waals surface area contributed by atoms with Crippen LogP contribution in [-0.2, 0) is 4.74 Å². The van der Waals surface area contributed by atoms with E-state index < -0.39 is 24.4 Å². The Morgan fingerprint density at radius 2 is 1.86 bits per heavy atom. The van der Waals surface area contributed by atoms with Gasteiger partial charge in [-0.2, -0.15) is 13.2 Å². The average molecular weight is 545 g/mol. The van der Waals surface area contributed by atoms with E-state index in [2.05, 4.69) is 25.6 Å². The quantitative estimate of drug-likeness (QED) is 0.376. The van der Waals surface area contributed by atoms with Crippen molar-refractivity contribution >= 4 is 17.4 Å². The molecule has 2 aromatic heterocycles. The van der Waals surface area contributed by atoms with Crippen molar-refractivity contribution in [3.8, 4) is 17.1 Å². The van der Waals surface area contributed by atoms with E-state index in [1.54, 1.807) is 12.3 Å². The van der Waals surface area contributed by atoms with E-state index in [1.165, 1.54) is 12.4 Å². The van der Waals surface area contributed by atoms with Gasteiger partial charge in [0.2, 0.25) is 5.88 Å². The smallest absolute Gasteiger partial charge is 0.415 e. The summed E-state index contributed by atoms with van der Waals surface area (Å²) in [4.78, 5) is 13.2. The number of pyridine rings is 1. The SMILES string of the molecule is NC1(COc2cncc(-c3cc(NC4CCC(NC[C@@H](O)C(F)(F)F)CC4)ncc3Cl)n2)CCOCC1. The molecule has 1 aliphatic heterocycles. The van der Waals surface area contributed by atoms with Crippen LogP contribution >= 0.6 is 11.6 Å². The Balaban J connectivity index is 1.33. The zero-order valence-corrected chi connectivity index (χ0v) is 21.1. The number of aliphatic hydroxyl groups excluding tert-OH is 1. The number of rotatable bonds is 9. The predicted octanol–water partition coefficient (Wildman–Crippen LogP) is 3.31. The molecule has 1 saturated heterocycles. The molecule has 0 bridgehead atoms. The Hall–Kier alpha value is -2.25. The van der Waals surface area contributed by atoms with Crippen LogP contribution in [0.25, 0.3) is 11.3 Å². The summed E-state index contributed by atoms with van der Waals surface area (Å²) in [6.07, 6.45) is 1.96. The molecule has 0 spiro atoms. The third-order valence-corrected chi connectivity index (χ3v) is 7.10. The van der Waals surface area contributed by atoms with Crippen LogP contribution in [0.15, 0.2) is 24.7 Å². The van der Waals surface area contributed by atoms with Crippen LogP contribution in [0, 0.1) is 0 Å². The van der Waals surface area contributed by atoms with Crippen molar-refractivity contribution in [1.29, 1.82) is 0 Å². The highest BCUT2D eigenvalue weighted by Gasteiger charge is 2.38. The summed E-state index contributed by atoms with van der Waals surface area (Å²) >= 11 is 6.42. The predicted molar refractivity (Wildman–Crippen MR) is 132 cm³/mol. The molecule has 1 atom stereocenters. The van der Waals surface area contributed by atoms with Gasteiger partial charge in [-0.25, -0.2) is 9.97 Å². The van der Waals surface area contributed by atoms with E-state index in [0.29, 0.717) is 73.5 Å². The Morgan fingerprint density at radius 1 is 1.16 bits per heavy atom. The first-order valence-corrected chi connectivity index (χ1v) is 12.7. The molecule has 13 heteroatoms. The molecule has 9 nitrogen and oxygen atoms in total. The van der Waals surface area contributed by atoms with Crippen LogP contribution < -0.4 is 21.1 Å². The van der Waals surface area contributed by atoms with E-state index in [9.17, 15) is 18.3 Å². The number of alkyl halides is 3. The zero-order valence-electron chi connectivity index (χ0n) is 20.3. The standard InChI is InChI=1S/C24H32ClF3N6O3/c25-18-10-32-21(33-16-3-1-15(2-4-16)31-12-20(35)24(26,27)28)9-17(18)19-11-30-13-22(34-19)37-14-23(29)5-7-36-8-6-23/h9-11,13,15-16,20,31,35H,1-8,12,14,29H2,(H,32,33)/t15?,16?,20-/m1/s1. The maximum atomic E-state index is 12.5. The van der Waals surface area contributed by atoms with Crippen LogP contribution in [0.2, 0.25) is 5.02 Å². The normalized spacial score (nSPS) is 22.9. The van der Waals surface area contributed by atoms with E-state index in [1.807, 2.05) is 0 Å². The summed E-state index contributed by atoms with van der Waals surface area (Å²) in [6, 6.07) is 1.83. The van der Waals surface area contributed by atoms with Crippen molar-refractivity contribution < 1.29 is 27.8 Å². The number of anilines is 1. The largest absolute Gasteiger partial charge is 0.475 e. The molecule has 1 aliphatic carbocycles. The van der Waals surface area contributed by atoms with Gasteiger partial charge in [-0.1, -0.05) is 11.6 Å². The Morgan fingerprint density at radius 3 is 2.57 bits per heavy atom. The number of nitrogens with one attached hydrogen (secondary N) is 2. The first-order chi connectivity index (χ1) is 17.6. The van der Waals surface area contributed by atoms with E-state index in [0.717, 1.165) is 12.8 Å². The molecule has 1 saturated carbocycles. The van der Waals surface area contributed by atoms with Crippen molar-refractivity contribution in [2.24, 2.45) is 5.73 Å². The topological polar surface area (TPSA) is 127 Å². The highest BCUT2D eigenvalue weighted by atomic mass is 35.5. The summed E-state index contributed by atoms with van der Waals surface area (Å²) in [5.74, 6) is 0.956. The minimum Gasteiger partial charge on any atom is -0.475 e. The molecule has 0 radical (unpaired) electrons. The number of halogens is 4. The van der Waals surface area contributed by atoms with Crippen LogP contribution in [0.5, 0.6) is 5.88 Å². The van der Waals surface area contributed by atoms with Crippen molar-refractivity contribution in [2.45, 2.75) is 68.4 Å². The second kappa shape index (κ2) is 12.1. The molecule has 0 amide bonds. The number of hydrogen-bond donors (Lipinski definition) is 4. The molecule has 0 unspecified atom stereocenters. The molecular weight excluding hydrogens is 513 g/mol. The molecule has 2 aromatic rings. The van der Waals surface area contributed by atoms with E-state index >= 15 is 0 Å². The Labute approximate surface area is 218 Å². The van der Waals surface area contributed by atoms with Gasteiger partial charge >= 0.3 is 6.18 Å². The molecular formula is C24H32ClF3N6O3. The van der Waals surface area contributed by atoms with Gasteiger partial charge in [0.05, 0.1) is 28.6 Å². The Bertz CT molecular complexity index is 1030. The van der Waals surface area contributed by atoms with Crippen LogP contribution in [-0.4, -0.2) is 76.3 Å². The minimum atomic E-state index is -4.61. The fourth-order valence-corrected chi connectivity index (χ4v) is 4.65. The van der Waals surface area contributed by atoms with Crippen LogP contribution in [0.3, 0.4) is 0 Å². The number of ether oxygens (including phenoxy) is 2. The van der Waals surface area contributed by atoms with Crippen molar-refractivity contribution in [1.82, 2.24) is 20.3 Å². The van der Waals surface area contributed by atoms with Crippen LogP contribution in [0.4, 0.5) is 19.0 Å². The minimum absolute atomic E-state index is 0.0735. The summed E-state index contributed by atoms with van der Waals surface area (Å²) in [5.41, 5.74) is 7.10. The lowest BCUT2D eigenvalue weighted by Gasteiger charge is -2.32. The summed E-state index contributed by atoms with van der Waals surface area (Å²) in [5, 5.41) is 15.8. The highest BCUT2D eigenvalue weighted by Crippen LogP contribution is 2.30. The molecule has 2 aliphatic rings. The zero-order chi connectivity index (χ0) is 26.5. The number of aliphatic hydroxyl groups is 1. The summed E-state index contributed by atoms with van der Waals surface area (Å²) < 4.78 is 48.7. The monoisotopic (exact) mass is 544 g/mol. The maximum absolute atomic E-state index is 12.5. The third kappa shape index (κ3) is 7.87. The molecule has 4 rings (SSSR count). The molecule has 204 valence electrons. The van der Waals surface area contributed by atoms with Crippen molar-refractivity contribution in [3.05, 3.63) is 29.7 Å². The van der Waals surface area contributed by atoms with Gasteiger partial charge in [-0.05, 0) is 44.6 Å². The molecule has 3 heterocycles. The van der Waals surface area contributed by atoms with Crippen molar-refractivity contribution in [2.75, 3.05) is 31.7 Å². The molecule has 5 N–H and O–H groups in total. The first kappa shape index (κ1) is 27.8. The summed E-state index contributed by atoms with van der Waals surface area (Å²) in [6.45, 7) is 1.01. The first-order valence-electron chi connectivity index (χ1n) is 12.3. The van der Waals surface area contributed by atoms with Crippen LogP contribution in [0.1, 0.15) is 38.5 Å². The maximum Gasteiger partial charge on any atom is 0.415 e. The van der Waals surface area contributed by atoms with Gasteiger partial charge in [-0.15, -0.1) is 0 Å². The third-order valence-electron chi connectivity index (χ3n) is 6.80. The second-order valence-electron chi connectivity index (χ2n) is 9.71. The number of hydrogen-bond acceptors (Lipinski definition) is 9. The Kier molecular flexibility index (Phi) is 9.07. The van der Waals surface area contributed by atoms with Gasteiger partial charge in [0.25, 0.3) is 0 Å². The van der Waals surface area contributed by atoms with E-state index in [4.69, 9.17) is 26.8 Å². The van der Waals surface area contributed by atoms with Gasteiger partial charge in [0.1, 0.15) is 12.4 Å². The summed E-state index contributed by atoms with van der Waals surface area (Å²) in [7, 11) is 0. The fraction of sp³-hybridized carbons (Fsp3) is 0.625. The average Bonchev–Trinajstić information content (AvgIpc) is 2.88. The lowest BCUT2D eigenvalue weighted by Crippen LogP contribution is -2.49. The highest BCUT2D eigenvalue weighted by molar-refractivity contribution is 6.33. The molecule has 37 heavy (non-hydrogen) atoms. The number of aromatic nitrogens is 3.